The van der Waals surface area contributed by atoms with E-state index in [4.69, 9.17) is 63.0 Å². The number of methoxy groups -OCH3 is 4. The molecule has 67 heavy (non-hydrogen) atoms. The summed E-state index contributed by atoms with van der Waals surface area (Å²) in [5.41, 5.74) is 18.6. The second-order valence-electron chi connectivity index (χ2n) is 13.2. The third-order valence-electron chi connectivity index (χ3n) is 7.32. The van der Waals surface area contributed by atoms with Crippen LogP contribution in [0.25, 0.3) is 0 Å². The molecule has 14 heteroatoms. The number of rotatable bonds is 21. The highest BCUT2D eigenvalue weighted by Crippen LogP contribution is 2.42. The average Bonchev–Trinajstić information content (AvgIpc) is 3.31. The van der Waals surface area contributed by atoms with Gasteiger partial charge in [-0.2, -0.15) is 5.26 Å². The number of hydrogen-bond acceptors (Lipinski definition) is 11. The van der Waals surface area contributed by atoms with Crippen molar-refractivity contribution in [3.8, 4) is 6.07 Å². The molecule has 0 bridgehead atoms. The van der Waals surface area contributed by atoms with Gasteiger partial charge in [-0.15, -0.1) is 24.0 Å². The lowest BCUT2D eigenvalue weighted by molar-refractivity contribution is 0.208. The van der Waals surface area contributed by atoms with Gasteiger partial charge in [0.05, 0.1) is 65.3 Å². The monoisotopic (exact) mass is 1040 g/mol. The van der Waals surface area contributed by atoms with E-state index in [1.807, 2.05) is 60.7 Å². The molecule has 11 nitrogen and oxygen atoms in total. The number of aliphatic hydroxyl groups is 4. The fraction of sp³-hybridized carbons (Fsp3) is 0.415. The molecule has 0 aliphatic heterocycles. The minimum atomic E-state index is -0.649. The van der Waals surface area contributed by atoms with E-state index in [2.05, 4.69) is 96.5 Å². The molecule has 0 amide bonds. The van der Waals surface area contributed by atoms with E-state index in [1.54, 1.807) is 28.4 Å². The maximum atomic E-state index is 8.31. The first-order chi connectivity index (χ1) is 30.2. The number of hydrogen-bond donors (Lipinski definition) is 6. The molecule has 0 aliphatic rings. The molecular formula is C53H88BrCl2N3O8. The van der Waals surface area contributed by atoms with Crippen molar-refractivity contribution >= 4 is 39.9 Å². The Kier molecular flexibility index (Phi) is 70.0. The van der Waals surface area contributed by atoms with Crippen LogP contribution < -0.4 is 11.5 Å². The molecule has 0 saturated carbocycles. The van der Waals surface area contributed by atoms with E-state index < -0.39 is 4.87 Å². The summed E-state index contributed by atoms with van der Waals surface area (Å²) in [6, 6.07) is 32.6. The number of benzene rings is 3. The van der Waals surface area contributed by atoms with Crippen LogP contribution in [0.3, 0.4) is 0 Å². The third kappa shape index (κ3) is 47.1. The molecule has 3 aromatic carbocycles. The molecule has 0 aliphatic carbocycles. The van der Waals surface area contributed by atoms with E-state index in [1.165, 1.54) is 0 Å². The van der Waals surface area contributed by atoms with Crippen LogP contribution in [0.1, 0.15) is 58.2 Å². The highest BCUT2D eigenvalue weighted by Gasteiger charge is 2.33. The van der Waals surface area contributed by atoms with E-state index in [9.17, 15) is 0 Å². The zero-order valence-corrected chi connectivity index (χ0v) is 41.6. The Hall–Kier alpha value is -3.75. The average molecular weight is 1050 g/mol. The maximum absolute atomic E-state index is 8.31. The number of nitrogens with zero attached hydrogens (tertiary/aromatic N) is 1. The smallest absolute Gasteiger partial charge is 0.119 e. The normalized spacial score (nSPS) is 8.94. The summed E-state index contributed by atoms with van der Waals surface area (Å²) >= 11 is 10.4. The van der Waals surface area contributed by atoms with Crippen molar-refractivity contribution in [3.05, 3.63) is 181 Å². The fourth-order valence-corrected chi connectivity index (χ4v) is 4.72. The van der Waals surface area contributed by atoms with Gasteiger partial charge in [0.1, 0.15) is 4.87 Å². The van der Waals surface area contributed by atoms with Crippen molar-refractivity contribution < 1.29 is 39.4 Å². The molecule has 0 heterocycles. The highest BCUT2D eigenvalue weighted by atomic mass is 79.9. The van der Waals surface area contributed by atoms with Crippen LogP contribution >= 0.6 is 39.9 Å². The first-order valence-corrected chi connectivity index (χ1v) is 21.2. The highest BCUT2D eigenvalue weighted by molar-refractivity contribution is 9.09. The number of nitrogens with two attached hydrogens (primary N) is 2. The molecule has 0 spiro atoms. The van der Waals surface area contributed by atoms with Crippen LogP contribution in [-0.4, -0.2) is 120 Å². The molecular weight excluding hydrogens is 957 g/mol. The molecule has 3 rings (SSSR count). The summed E-state index contributed by atoms with van der Waals surface area (Å²) in [6.45, 7) is 24.7. The molecule has 0 aromatic heterocycles. The van der Waals surface area contributed by atoms with Crippen molar-refractivity contribution in [3.63, 3.8) is 0 Å². The molecule has 0 atom stereocenters. The predicted octanol–water partition coefficient (Wildman–Crippen LogP) is 10.4. The Morgan fingerprint density at radius 1 is 0.537 bits per heavy atom. The van der Waals surface area contributed by atoms with Crippen molar-refractivity contribution in [1.82, 2.24) is 0 Å². The van der Waals surface area contributed by atoms with E-state index >= 15 is 0 Å². The minimum absolute atomic E-state index is 0. The zero-order valence-electron chi connectivity index (χ0n) is 38.5. The number of halogens is 3. The Balaban J connectivity index is -0.000000107. The molecule has 0 unspecified atom stereocenters. The molecule has 3 aromatic rings. The first-order valence-electron chi connectivity index (χ1n) is 19.7. The van der Waals surface area contributed by atoms with Crippen molar-refractivity contribution in [2.75, 3.05) is 99.7 Å². The Labute approximate surface area is 426 Å². The minimum Gasteiger partial charge on any atom is -0.392 e. The van der Waals surface area contributed by atoms with Crippen molar-refractivity contribution in [2.24, 2.45) is 11.5 Å². The summed E-state index contributed by atoms with van der Waals surface area (Å²) in [5, 5.41) is 41.7. The third-order valence-corrected chi connectivity index (χ3v) is 8.76. The molecule has 8 N–H and O–H groups in total. The van der Waals surface area contributed by atoms with Gasteiger partial charge in [-0.3, -0.25) is 0 Å². The Bertz CT molecular complexity index is 1490. The lowest BCUT2D eigenvalue weighted by atomic mass is 9.84. The number of ether oxygens (including phenoxy) is 4. The molecule has 0 fully saturated rings. The first kappa shape index (κ1) is 80.3. The fourth-order valence-electron chi connectivity index (χ4n) is 4.18. The lowest BCUT2D eigenvalue weighted by Crippen LogP contribution is -2.22. The number of nitriles is 1. The van der Waals surface area contributed by atoms with Crippen molar-refractivity contribution in [2.45, 2.75) is 46.4 Å². The van der Waals surface area contributed by atoms with E-state index in [0.717, 1.165) is 57.2 Å². The zero-order chi connectivity index (χ0) is 48.7. The van der Waals surface area contributed by atoms with Gasteiger partial charge in [0.2, 0.25) is 0 Å². The quantitative estimate of drug-likeness (QED) is 0.0338. The van der Waals surface area contributed by atoms with Crippen LogP contribution in [-0.2, 0) is 23.8 Å². The SMILES string of the molecule is C.C.C.C=C(CBr)COC.C=C(CC#N)COC.C=C(CCN)COC.C=C(CO)CCN.C=C(CO)CO.C=C(CO)COC.Cl.ClC(c1ccccc1)(c1ccccc1)c1ccccc1. The summed E-state index contributed by atoms with van der Waals surface area (Å²) in [7, 11) is 6.47. The summed E-state index contributed by atoms with van der Waals surface area (Å²) in [6.07, 6.45) is 2.00. The van der Waals surface area contributed by atoms with Gasteiger partial charge in [0, 0.05) is 33.8 Å². The lowest BCUT2D eigenvalue weighted by Gasteiger charge is -2.29. The summed E-state index contributed by atoms with van der Waals surface area (Å²) in [4.78, 5) is -0.649. The number of aliphatic hydroxyl groups excluding tert-OH is 4. The van der Waals surface area contributed by atoms with Crippen LogP contribution in [0.15, 0.2) is 164 Å². The van der Waals surface area contributed by atoms with Gasteiger partial charge in [0.15, 0.2) is 0 Å². The summed E-state index contributed by atoms with van der Waals surface area (Å²) in [5.74, 6) is 0. The van der Waals surface area contributed by atoms with Crippen LogP contribution in [0, 0.1) is 11.3 Å². The molecule has 384 valence electrons. The molecule has 0 radical (unpaired) electrons. The topological polar surface area (TPSA) is 194 Å². The second kappa shape index (κ2) is 58.4. The van der Waals surface area contributed by atoms with Gasteiger partial charge in [-0.1, -0.05) is 180 Å². The van der Waals surface area contributed by atoms with Gasteiger partial charge < -0.3 is 50.8 Å². The largest absolute Gasteiger partial charge is 0.392 e. The molecule has 0 saturated heterocycles. The van der Waals surface area contributed by atoms with Crippen LogP contribution in [0.4, 0.5) is 0 Å². The van der Waals surface area contributed by atoms with E-state index in [0.29, 0.717) is 57.1 Å². The Morgan fingerprint density at radius 2 is 0.821 bits per heavy atom. The van der Waals surface area contributed by atoms with Crippen LogP contribution in [0.2, 0.25) is 0 Å². The van der Waals surface area contributed by atoms with Gasteiger partial charge >= 0.3 is 0 Å². The van der Waals surface area contributed by atoms with Gasteiger partial charge in [0.25, 0.3) is 0 Å². The van der Waals surface area contributed by atoms with Crippen LogP contribution in [0.5, 0.6) is 0 Å². The van der Waals surface area contributed by atoms with E-state index in [-0.39, 0.29) is 61.1 Å². The maximum Gasteiger partial charge on any atom is 0.119 e. The second-order valence-corrected chi connectivity index (χ2v) is 14.3. The van der Waals surface area contributed by atoms with Gasteiger partial charge in [-0.05, 0) is 64.9 Å². The Morgan fingerprint density at radius 3 is 1.03 bits per heavy atom. The summed E-state index contributed by atoms with van der Waals surface area (Å²) < 4.78 is 18.9. The van der Waals surface area contributed by atoms with Crippen molar-refractivity contribution in [1.29, 1.82) is 5.26 Å². The van der Waals surface area contributed by atoms with Gasteiger partial charge in [-0.25, -0.2) is 0 Å². The standard InChI is InChI=1S/C19H15Cl.C6H13NO.C6H9NO.C5H9BrO.C5H11NO.C5H10O2.C4H8O2.3CH4.ClH/c20-19(16-10-4-1-5-11-16,17-12-6-2-7-13-17)18-14-8-3-9-15-18;2*1-6(3-4-7)5-8-2;1-5(3-6)4-7-2;1-5(4-7)2-3-6;1-5(3-6)4-7-2;1-4(2-5)3-6;;;;/h1-15H;1,3-5,7H2,2H3;1,3,5H2,2H3;1,3-4H2,2H3;7H,1-4,6H2;6H,1,3-4H2,2H3;5-6H,1-3H2;3*1H4;1H. The number of alkyl halides is 2. The predicted molar refractivity (Wildman–Crippen MR) is 295 cm³/mol.